The average Bonchev–Trinajstić information content (AvgIpc) is 3.09. The van der Waals surface area contributed by atoms with Crippen LogP contribution in [0, 0.1) is 11.6 Å². The van der Waals surface area contributed by atoms with Gasteiger partial charge in [0.1, 0.15) is 11.6 Å². The van der Waals surface area contributed by atoms with Gasteiger partial charge in [0.2, 0.25) is 0 Å². The van der Waals surface area contributed by atoms with Crippen LogP contribution in [0.2, 0.25) is 5.02 Å². The Labute approximate surface area is 208 Å². The molecule has 0 atom stereocenters. The van der Waals surface area contributed by atoms with E-state index in [0.29, 0.717) is 17.3 Å². The fraction of sp³-hybridized carbons (Fsp3) is 0.0800. The SMILES string of the molecule is COc1cc(/C=C2\SC(=O)N(Cc3c(F)cccc3Cl)C2=O)ccc1OC(=O)c1ccccc1F. The van der Waals surface area contributed by atoms with Gasteiger partial charge < -0.3 is 9.47 Å². The van der Waals surface area contributed by atoms with Crippen molar-refractivity contribution in [2.75, 3.05) is 7.11 Å². The van der Waals surface area contributed by atoms with E-state index in [1.54, 1.807) is 0 Å². The second-order valence-corrected chi connectivity index (χ2v) is 8.65. The zero-order valence-corrected chi connectivity index (χ0v) is 19.7. The number of methoxy groups -OCH3 is 1. The van der Waals surface area contributed by atoms with E-state index >= 15 is 0 Å². The Hall–Kier alpha value is -3.69. The standard InChI is InChI=1S/C25H16ClF2NO5S/c1-33-21-11-14(9-10-20(21)34-24(31)15-5-2-3-7-18(15)27)12-22-23(30)29(25(32)35-22)13-16-17(26)6-4-8-19(16)28/h2-12H,13H2,1H3/b22-12-. The summed E-state index contributed by atoms with van der Waals surface area (Å²) in [5.74, 6) is -2.65. The van der Waals surface area contributed by atoms with Crippen LogP contribution in [-0.4, -0.2) is 29.1 Å². The lowest BCUT2D eigenvalue weighted by Crippen LogP contribution is -2.28. The van der Waals surface area contributed by atoms with Gasteiger partial charge in [0.15, 0.2) is 11.5 Å². The third-order valence-electron chi connectivity index (χ3n) is 5.03. The minimum atomic E-state index is -0.901. The zero-order valence-electron chi connectivity index (χ0n) is 18.1. The van der Waals surface area contributed by atoms with E-state index in [2.05, 4.69) is 0 Å². The molecule has 1 aliphatic heterocycles. The van der Waals surface area contributed by atoms with Crippen LogP contribution >= 0.6 is 23.4 Å². The number of carbonyl (C=O) groups excluding carboxylic acids is 3. The summed E-state index contributed by atoms with van der Waals surface area (Å²) >= 11 is 6.72. The Morgan fingerprint density at radius 3 is 2.49 bits per heavy atom. The number of thioether (sulfide) groups is 1. The summed E-state index contributed by atoms with van der Waals surface area (Å²) in [5, 5.41) is -0.457. The molecule has 1 saturated heterocycles. The zero-order chi connectivity index (χ0) is 25.1. The number of hydrogen-bond donors (Lipinski definition) is 0. The molecule has 0 aromatic heterocycles. The molecule has 10 heteroatoms. The Morgan fingerprint density at radius 1 is 1.03 bits per heavy atom. The number of amides is 2. The first kappa shape index (κ1) is 24.4. The molecular formula is C25H16ClF2NO5S. The fourth-order valence-electron chi connectivity index (χ4n) is 3.27. The van der Waals surface area contributed by atoms with Gasteiger partial charge in [-0.3, -0.25) is 14.5 Å². The van der Waals surface area contributed by atoms with Crippen LogP contribution < -0.4 is 9.47 Å². The molecule has 1 heterocycles. The third-order valence-corrected chi connectivity index (χ3v) is 6.29. The smallest absolute Gasteiger partial charge is 0.346 e. The van der Waals surface area contributed by atoms with Crippen LogP contribution in [0.4, 0.5) is 13.6 Å². The molecule has 0 radical (unpaired) electrons. The highest BCUT2D eigenvalue weighted by Gasteiger charge is 2.36. The van der Waals surface area contributed by atoms with Gasteiger partial charge in [0, 0.05) is 10.6 Å². The van der Waals surface area contributed by atoms with E-state index in [1.807, 2.05) is 0 Å². The van der Waals surface area contributed by atoms with Crippen LogP contribution in [0.3, 0.4) is 0 Å². The maximum absolute atomic E-state index is 14.1. The number of rotatable bonds is 6. The van der Waals surface area contributed by atoms with Gasteiger partial charge in [0.25, 0.3) is 11.1 Å². The molecule has 35 heavy (non-hydrogen) atoms. The van der Waals surface area contributed by atoms with E-state index in [9.17, 15) is 23.2 Å². The van der Waals surface area contributed by atoms with E-state index in [4.69, 9.17) is 21.1 Å². The van der Waals surface area contributed by atoms with Crippen molar-refractivity contribution >= 4 is 46.6 Å². The molecule has 178 valence electrons. The monoisotopic (exact) mass is 515 g/mol. The van der Waals surface area contributed by atoms with Crippen molar-refractivity contribution in [3.8, 4) is 11.5 Å². The van der Waals surface area contributed by atoms with Crippen LogP contribution in [0.25, 0.3) is 6.08 Å². The minimum Gasteiger partial charge on any atom is -0.493 e. The highest BCUT2D eigenvalue weighted by Crippen LogP contribution is 2.36. The lowest BCUT2D eigenvalue weighted by atomic mass is 10.1. The Bertz CT molecular complexity index is 1360. The largest absolute Gasteiger partial charge is 0.493 e. The summed E-state index contributed by atoms with van der Waals surface area (Å²) in [6.07, 6.45) is 1.46. The molecule has 0 aliphatic carbocycles. The quantitative estimate of drug-likeness (QED) is 0.225. The summed E-state index contributed by atoms with van der Waals surface area (Å²) in [6, 6.07) is 13.9. The molecule has 4 rings (SSSR count). The van der Waals surface area contributed by atoms with Crippen LogP contribution in [0.5, 0.6) is 11.5 Å². The minimum absolute atomic E-state index is 0.0419. The van der Waals surface area contributed by atoms with Crippen molar-refractivity contribution in [3.05, 3.63) is 98.9 Å². The Balaban J connectivity index is 1.54. The molecule has 0 spiro atoms. The van der Waals surface area contributed by atoms with Gasteiger partial charge in [-0.05, 0) is 59.8 Å². The number of halogens is 3. The molecule has 1 aliphatic rings. The molecule has 3 aromatic carbocycles. The number of ether oxygens (including phenoxy) is 2. The van der Waals surface area contributed by atoms with Crippen LogP contribution in [0.1, 0.15) is 21.5 Å². The molecule has 6 nitrogen and oxygen atoms in total. The van der Waals surface area contributed by atoms with E-state index in [0.717, 1.165) is 11.0 Å². The number of carbonyl (C=O) groups is 3. The van der Waals surface area contributed by atoms with Crippen molar-refractivity contribution in [3.63, 3.8) is 0 Å². The molecule has 3 aromatic rings. The van der Waals surface area contributed by atoms with Gasteiger partial charge in [-0.25, -0.2) is 13.6 Å². The summed E-state index contributed by atoms with van der Waals surface area (Å²) in [5.41, 5.74) is 0.282. The van der Waals surface area contributed by atoms with Crippen molar-refractivity contribution in [2.45, 2.75) is 6.54 Å². The first-order chi connectivity index (χ1) is 16.8. The van der Waals surface area contributed by atoms with Gasteiger partial charge in [-0.1, -0.05) is 35.9 Å². The van der Waals surface area contributed by atoms with Gasteiger partial charge >= 0.3 is 5.97 Å². The molecule has 2 amide bonds. The van der Waals surface area contributed by atoms with Gasteiger partial charge in [-0.2, -0.15) is 0 Å². The van der Waals surface area contributed by atoms with Crippen LogP contribution in [0.15, 0.2) is 65.6 Å². The topological polar surface area (TPSA) is 72.9 Å². The second-order valence-electron chi connectivity index (χ2n) is 7.25. The van der Waals surface area contributed by atoms with Crippen molar-refractivity contribution in [2.24, 2.45) is 0 Å². The molecule has 0 saturated carbocycles. The first-order valence-corrected chi connectivity index (χ1v) is 11.3. The number of hydrogen-bond acceptors (Lipinski definition) is 6. The second kappa shape index (κ2) is 10.3. The highest BCUT2D eigenvalue weighted by atomic mass is 35.5. The first-order valence-electron chi connectivity index (χ1n) is 10.1. The fourth-order valence-corrected chi connectivity index (χ4v) is 4.33. The van der Waals surface area contributed by atoms with E-state index < -0.39 is 28.8 Å². The predicted octanol–water partition coefficient (Wildman–Crippen LogP) is 6.08. The maximum Gasteiger partial charge on any atom is 0.346 e. The predicted molar refractivity (Wildman–Crippen MR) is 127 cm³/mol. The summed E-state index contributed by atoms with van der Waals surface area (Å²) in [4.78, 5) is 38.6. The van der Waals surface area contributed by atoms with Gasteiger partial charge in [-0.15, -0.1) is 0 Å². The number of imide groups is 1. The van der Waals surface area contributed by atoms with Crippen molar-refractivity contribution < 1.29 is 32.6 Å². The normalized spacial score (nSPS) is 14.5. The van der Waals surface area contributed by atoms with Crippen molar-refractivity contribution in [1.29, 1.82) is 0 Å². The van der Waals surface area contributed by atoms with Gasteiger partial charge in [0.05, 0.1) is 24.1 Å². The summed E-state index contributed by atoms with van der Waals surface area (Å²) in [7, 11) is 1.35. The summed E-state index contributed by atoms with van der Waals surface area (Å²) in [6.45, 7) is -0.304. The maximum atomic E-state index is 14.1. The number of nitrogens with zero attached hydrogens (tertiary/aromatic N) is 1. The molecule has 1 fully saturated rings. The average molecular weight is 516 g/mol. The van der Waals surface area contributed by atoms with Crippen molar-refractivity contribution in [1.82, 2.24) is 4.90 Å². The van der Waals surface area contributed by atoms with Crippen LogP contribution in [-0.2, 0) is 11.3 Å². The number of benzene rings is 3. The third kappa shape index (κ3) is 5.21. The Morgan fingerprint density at radius 2 is 1.77 bits per heavy atom. The van der Waals surface area contributed by atoms with E-state index in [1.165, 1.54) is 67.8 Å². The molecular weight excluding hydrogens is 500 g/mol. The lowest BCUT2D eigenvalue weighted by Gasteiger charge is -2.14. The lowest BCUT2D eigenvalue weighted by molar-refractivity contribution is -0.123. The molecule has 0 N–H and O–H groups in total. The number of esters is 1. The molecule has 0 unspecified atom stereocenters. The summed E-state index contributed by atoms with van der Waals surface area (Å²) < 4.78 is 38.5. The Kier molecular flexibility index (Phi) is 7.18. The highest BCUT2D eigenvalue weighted by molar-refractivity contribution is 8.18. The molecule has 0 bridgehead atoms. The van der Waals surface area contributed by atoms with E-state index in [-0.39, 0.29) is 39.1 Å².